The molecule has 0 saturated heterocycles. The van der Waals surface area contributed by atoms with Crippen molar-refractivity contribution in [3.05, 3.63) is 77.9 Å². The van der Waals surface area contributed by atoms with Crippen molar-refractivity contribution >= 4 is 38.6 Å². The summed E-state index contributed by atoms with van der Waals surface area (Å²) in [5.41, 5.74) is 5.93. The molecule has 0 heterocycles. The lowest BCUT2D eigenvalue weighted by Crippen LogP contribution is -2.01. The van der Waals surface area contributed by atoms with Crippen molar-refractivity contribution in [2.45, 2.75) is 13.8 Å². The normalized spacial score (nSPS) is 11.0. The molecule has 2 N–H and O–H groups in total. The molecule has 4 rings (SSSR count). The third-order valence-electron chi connectivity index (χ3n) is 4.92. The predicted octanol–water partition coefficient (Wildman–Crippen LogP) is 6.40. The SMILES string of the molecule is CNc1cc2ccccc2cc1Nc1c(C)cc2ccccc2c1C. The van der Waals surface area contributed by atoms with Crippen LogP contribution in [0.4, 0.5) is 17.1 Å². The maximum atomic E-state index is 3.68. The minimum Gasteiger partial charge on any atom is -0.386 e. The highest BCUT2D eigenvalue weighted by Gasteiger charge is 2.10. The fourth-order valence-corrected chi connectivity index (χ4v) is 3.58. The van der Waals surface area contributed by atoms with Gasteiger partial charge in [-0.2, -0.15) is 0 Å². The van der Waals surface area contributed by atoms with Gasteiger partial charge in [0.05, 0.1) is 11.4 Å². The molecule has 0 aliphatic rings. The summed E-state index contributed by atoms with van der Waals surface area (Å²) in [6.07, 6.45) is 0. The molecule has 0 amide bonds. The zero-order valence-electron chi connectivity index (χ0n) is 14.9. The van der Waals surface area contributed by atoms with Crippen LogP contribution in [0.1, 0.15) is 11.1 Å². The number of aryl methyl sites for hydroxylation is 2. The van der Waals surface area contributed by atoms with E-state index in [2.05, 4.69) is 91.2 Å². The van der Waals surface area contributed by atoms with Crippen molar-refractivity contribution < 1.29 is 0 Å². The summed E-state index contributed by atoms with van der Waals surface area (Å²) in [4.78, 5) is 0. The van der Waals surface area contributed by atoms with Gasteiger partial charge in [0, 0.05) is 12.7 Å². The van der Waals surface area contributed by atoms with Crippen molar-refractivity contribution in [3.8, 4) is 0 Å². The van der Waals surface area contributed by atoms with Crippen LogP contribution in [-0.4, -0.2) is 7.05 Å². The largest absolute Gasteiger partial charge is 0.386 e. The second-order valence-corrected chi connectivity index (χ2v) is 6.53. The van der Waals surface area contributed by atoms with Crippen molar-refractivity contribution in [2.24, 2.45) is 0 Å². The summed E-state index contributed by atoms with van der Waals surface area (Å²) >= 11 is 0. The van der Waals surface area contributed by atoms with Gasteiger partial charge in [-0.25, -0.2) is 0 Å². The van der Waals surface area contributed by atoms with E-state index in [0.29, 0.717) is 0 Å². The minimum atomic E-state index is 1.10. The first-order chi connectivity index (χ1) is 12.2. The first kappa shape index (κ1) is 15.5. The van der Waals surface area contributed by atoms with E-state index in [1.54, 1.807) is 0 Å². The Hall–Kier alpha value is -3.00. The molecule has 4 aromatic rings. The highest BCUT2D eigenvalue weighted by atomic mass is 14.9. The number of anilines is 3. The number of fused-ring (bicyclic) bond motifs is 2. The molecule has 0 fully saturated rings. The molecule has 0 spiro atoms. The molecular weight excluding hydrogens is 304 g/mol. The van der Waals surface area contributed by atoms with Crippen LogP contribution in [0.25, 0.3) is 21.5 Å². The molecule has 0 radical (unpaired) electrons. The standard InChI is InChI=1S/C23H22N2/c1-15-12-19-10-6-7-11-20(19)16(2)23(15)25-22-14-18-9-5-4-8-17(18)13-21(22)24-3/h4-14,24-25H,1-3H3. The van der Waals surface area contributed by atoms with Gasteiger partial charge in [-0.15, -0.1) is 0 Å². The Morgan fingerprint density at radius 2 is 1.28 bits per heavy atom. The monoisotopic (exact) mass is 326 g/mol. The second-order valence-electron chi connectivity index (χ2n) is 6.53. The third kappa shape index (κ3) is 2.70. The minimum absolute atomic E-state index is 1.10. The molecule has 0 bridgehead atoms. The summed E-state index contributed by atoms with van der Waals surface area (Å²) in [5, 5.41) is 12.1. The zero-order chi connectivity index (χ0) is 17.4. The smallest absolute Gasteiger partial charge is 0.0626 e. The predicted molar refractivity (Wildman–Crippen MR) is 110 cm³/mol. The third-order valence-corrected chi connectivity index (χ3v) is 4.92. The van der Waals surface area contributed by atoms with Crippen LogP contribution < -0.4 is 10.6 Å². The molecule has 124 valence electrons. The van der Waals surface area contributed by atoms with E-state index < -0.39 is 0 Å². The van der Waals surface area contributed by atoms with Gasteiger partial charge in [0.1, 0.15) is 0 Å². The number of rotatable bonds is 3. The second kappa shape index (κ2) is 6.14. The van der Waals surface area contributed by atoms with Gasteiger partial charge in [0.25, 0.3) is 0 Å². The first-order valence-corrected chi connectivity index (χ1v) is 8.64. The molecule has 25 heavy (non-hydrogen) atoms. The molecular formula is C23H22N2. The maximum absolute atomic E-state index is 3.68. The van der Waals surface area contributed by atoms with E-state index in [-0.39, 0.29) is 0 Å². The van der Waals surface area contributed by atoms with Gasteiger partial charge in [-0.05, 0) is 64.7 Å². The molecule has 2 heteroatoms. The van der Waals surface area contributed by atoms with Crippen LogP contribution in [0.2, 0.25) is 0 Å². The van der Waals surface area contributed by atoms with Crippen molar-refractivity contribution in [3.63, 3.8) is 0 Å². The van der Waals surface area contributed by atoms with Gasteiger partial charge >= 0.3 is 0 Å². The molecule has 4 aromatic carbocycles. The Balaban J connectivity index is 1.87. The number of benzene rings is 4. The lowest BCUT2D eigenvalue weighted by molar-refractivity contribution is 1.39. The molecule has 0 aromatic heterocycles. The van der Waals surface area contributed by atoms with E-state index >= 15 is 0 Å². The molecule has 0 atom stereocenters. The topological polar surface area (TPSA) is 24.1 Å². The highest BCUT2D eigenvalue weighted by molar-refractivity contribution is 5.96. The van der Waals surface area contributed by atoms with Crippen molar-refractivity contribution in [2.75, 3.05) is 17.7 Å². The van der Waals surface area contributed by atoms with Gasteiger partial charge < -0.3 is 10.6 Å². The summed E-state index contributed by atoms with van der Waals surface area (Å²) in [6, 6.07) is 23.7. The van der Waals surface area contributed by atoms with E-state index in [1.807, 2.05) is 7.05 Å². The van der Waals surface area contributed by atoms with Gasteiger partial charge in [-0.1, -0.05) is 48.5 Å². The molecule has 0 unspecified atom stereocenters. The van der Waals surface area contributed by atoms with E-state index in [0.717, 1.165) is 11.4 Å². The fraction of sp³-hybridized carbons (Fsp3) is 0.130. The maximum Gasteiger partial charge on any atom is 0.0626 e. The summed E-state index contributed by atoms with van der Waals surface area (Å²) in [5.74, 6) is 0. The Morgan fingerprint density at radius 3 is 1.96 bits per heavy atom. The van der Waals surface area contributed by atoms with Gasteiger partial charge in [0.15, 0.2) is 0 Å². The Bertz CT molecular complexity index is 1080. The average Bonchev–Trinajstić information content (AvgIpc) is 2.64. The molecule has 0 saturated carbocycles. The molecule has 2 nitrogen and oxygen atoms in total. The van der Waals surface area contributed by atoms with Crippen LogP contribution in [0, 0.1) is 13.8 Å². The number of nitrogens with one attached hydrogen (secondary N) is 2. The van der Waals surface area contributed by atoms with Crippen molar-refractivity contribution in [1.82, 2.24) is 0 Å². The molecule has 0 aliphatic carbocycles. The summed E-state index contributed by atoms with van der Waals surface area (Å²) in [6.45, 7) is 4.36. The lowest BCUT2D eigenvalue weighted by atomic mass is 9.99. The number of hydrogen-bond acceptors (Lipinski definition) is 2. The van der Waals surface area contributed by atoms with E-state index in [9.17, 15) is 0 Å². The van der Waals surface area contributed by atoms with E-state index in [1.165, 1.54) is 38.4 Å². The Morgan fingerprint density at radius 1 is 0.680 bits per heavy atom. The summed E-state index contributed by atoms with van der Waals surface area (Å²) < 4.78 is 0. The fourth-order valence-electron chi connectivity index (χ4n) is 3.58. The van der Waals surface area contributed by atoms with Gasteiger partial charge in [-0.3, -0.25) is 0 Å². The van der Waals surface area contributed by atoms with E-state index in [4.69, 9.17) is 0 Å². The average molecular weight is 326 g/mol. The van der Waals surface area contributed by atoms with Crippen LogP contribution in [0.5, 0.6) is 0 Å². The van der Waals surface area contributed by atoms with Crippen LogP contribution >= 0.6 is 0 Å². The quantitative estimate of drug-likeness (QED) is 0.455. The molecule has 0 aliphatic heterocycles. The van der Waals surface area contributed by atoms with Crippen LogP contribution in [-0.2, 0) is 0 Å². The lowest BCUT2D eigenvalue weighted by Gasteiger charge is -2.18. The summed E-state index contributed by atoms with van der Waals surface area (Å²) in [7, 11) is 1.97. The van der Waals surface area contributed by atoms with Crippen molar-refractivity contribution in [1.29, 1.82) is 0 Å². The van der Waals surface area contributed by atoms with Gasteiger partial charge in [0.2, 0.25) is 0 Å². The highest BCUT2D eigenvalue weighted by Crippen LogP contribution is 2.35. The zero-order valence-corrected chi connectivity index (χ0v) is 14.9. The number of hydrogen-bond donors (Lipinski definition) is 2. The first-order valence-electron chi connectivity index (χ1n) is 8.64. The Kier molecular flexibility index (Phi) is 3.81. The van der Waals surface area contributed by atoms with Crippen LogP contribution in [0.15, 0.2) is 66.7 Å². The Labute approximate surface area is 148 Å². The van der Waals surface area contributed by atoms with Crippen LogP contribution in [0.3, 0.4) is 0 Å².